The molecule has 0 fully saturated rings. The molecule has 1 aliphatic heterocycles. The van der Waals surface area contributed by atoms with Crippen LogP contribution in [-0.2, 0) is 13.0 Å². The summed E-state index contributed by atoms with van der Waals surface area (Å²) in [6, 6.07) is 9.43. The maximum atomic E-state index is 12.9. The Balaban J connectivity index is 1.66. The molecule has 1 atom stereocenters. The van der Waals surface area contributed by atoms with Gasteiger partial charge >= 0.3 is 6.03 Å². The van der Waals surface area contributed by atoms with Crippen molar-refractivity contribution in [2.24, 2.45) is 0 Å². The Morgan fingerprint density at radius 1 is 1.19 bits per heavy atom. The van der Waals surface area contributed by atoms with Crippen LogP contribution >= 0.6 is 0 Å². The number of aliphatic hydroxyl groups is 1. The molecule has 0 bridgehead atoms. The van der Waals surface area contributed by atoms with Crippen LogP contribution < -0.4 is 14.8 Å². The number of fused-ring (bicyclic) bond motifs is 1. The van der Waals surface area contributed by atoms with E-state index in [0.717, 1.165) is 11.1 Å². The fraction of sp³-hybridized carbons (Fsp3) is 0.350. The Morgan fingerprint density at radius 2 is 1.85 bits per heavy atom. The van der Waals surface area contributed by atoms with Crippen molar-refractivity contribution in [3.8, 4) is 11.5 Å². The number of β-amino-alcohol motifs (C(OH)–C–C–N with tert-alkyl or cyclic N) is 1. The summed E-state index contributed by atoms with van der Waals surface area (Å²) in [7, 11) is 3.10. The van der Waals surface area contributed by atoms with Gasteiger partial charge in [-0.25, -0.2) is 9.18 Å². The molecule has 27 heavy (non-hydrogen) atoms. The zero-order chi connectivity index (χ0) is 19.4. The number of rotatable bonds is 5. The molecule has 0 saturated heterocycles. The number of urea groups is 1. The minimum Gasteiger partial charge on any atom is -0.496 e. The Kier molecular flexibility index (Phi) is 5.81. The fourth-order valence-electron chi connectivity index (χ4n) is 3.31. The van der Waals surface area contributed by atoms with E-state index < -0.39 is 6.10 Å². The van der Waals surface area contributed by atoms with E-state index in [1.807, 2.05) is 0 Å². The van der Waals surface area contributed by atoms with Crippen molar-refractivity contribution < 1.29 is 23.8 Å². The first kappa shape index (κ1) is 19.0. The first-order valence-electron chi connectivity index (χ1n) is 8.72. The number of ether oxygens (including phenoxy) is 2. The number of amides is 2. The van der Waals surface area contributed by atoms with E-state index in [0.29, 0.717) is 36.6 Å². The van der Waals surface area contributed by atoms with Gasteiger partial charge in [0.05, 0.1) is 27.3 Å². The third kappa shape index (κ3) is 4.14. The summed E-state index contributed by atoms with van der Waals surface area (Å²) in [5.41, 5.74) is 2.34. The number of methoxy groups -OCH3 is 2. The Morgan fingerprint density at radius 3 is 2.52 bits per heavy atom. The van der Waals surface area contributed by atoms with E-state index in [1.54, 1.807) is 43.4 Å². The second kappa shape index (κ2) is 8.26. The molecule has 2 aromatic carbocycles. The number of carbonyl (C=O) groups is 1. The number of hydrogen-bond donors (Lipinski definition) is 2. The number of nitrogens with zero attached hydrogens (tertiary/aromatic N) is 1. The molecule has 0 radical (unpaired) electrons. The second-order valence-corrected chi connectivity index (χ2v) is 6.37. The zero-order valence-electron chi connectivity index (χ0n) is 15.4. The molecule has 1 unspecified atom stereocenters. The van der Waals surface area contributed by atoms with Crippen LogP contribution in [0.25, 0.3) is 0 Å². The number of nitrogens with one attached hydrogen (secondary N) is 1. The number of hydrogen-bond acceptors (Lipinski definition) is 4. The highest BCUT2D eigenvalue weighted by Gasteiger charge is 2.31. The van der Waals surface area contributed by atoms with Gasteiger partial charge in [0, 0.05) is 17.7 Å². The van der Waals surface area contributed by atoms with Gasteiger partial charge < -0.3 is 24.8 Å². The van der Waals surface area contributed by atoms with Gasteiger partial charge in [0.15, 0.2) is 0 Å². The summed E-state index contributed by atoms with van der Waals surface area (Å²) in [5, 5.41) is 13.4. The van der Waals surface area contributed by atoms with Crippen molar-refractivity contribution in [2.45, 2.75) is 19.1 Å². The lowest BCUT2D eigenvalue weighted by atomic mass is 9.95. The van der Waals surface area contributed by atoms with E-state index in [-0.39, 0.29) is 18.4 Å². The van der Waals surface area contributed by atoms with Gasteiger partial charge in [-0.2, -0.15) is 0 Å². The van der Waals surface area contributed by atoms with Crippen LogP contribution in [0.3, 0.4) is 0 Å². The van der Waals surface area contributed by atoms with Crippen molar-refractivity contribution in [1.29, 1.82) is 0 Å². The number of aliphatic hydroxyl groups excluding tert-OH is 1. The van der Waals surface area contributed by atoms with Gasteiger partial charge in [-0.15, -0.1) is 0 Å². The van der Waals surface area contributed by atoms with Crippen LogP contribution in [0.1, 0.15) is 22.8 Å². The van der Waals surface area contributed by atoms with Crippen molar-refractivity contribution >= 4 is 6.03 Å². The van der Waals surface area contributed by atoms with E-state index >= 15 is 0 Å². The summed E-state index contributed by atoms with van der Waals surface area (Å²) >= 11 is 0. The third-order valence-corrected chi connectivity index (χ3v) is 4.68. The first-order valence-corrected chi connectivity index (χ1v) is 8.72. The van der Waals surface area contributed by atoms with Crippen LogP contribution in [0, 0.1) is 5.82 Å². The molecular formula is C20H23FN2O4. The third-order valence-electron chi connectivity index (χ3n) is 4.68. The molecular weight excluding hydrogens is 351 g/mol. The standard InChI is InChI=1S/C20H23FN2O4/c1-26-17-7-8-18(27-2)19-15(17)11-23(12-16(19)24)20(25)22-10-9-13-3-5-14(21)6-4-13/h3-8,16,24H,9-12H2,1-2H3,(H,22,25). The van der Waals surface area contributed by atoms with Gasteiger partial charge in [-0.05, 0) is 36.2 Å². The van der Waals surface area contributed by atoms with Crippen molar-refractivity contribution in [2.75, 3.05) is 27.3 Å². The van der Waals surface area contributed by atoms with Crippen LogP contribution in [0.15, 0.2) is 36.4 Å². The molecule has 0 aromatic heterocycles. The Hall–Kier alpha value is -2.80. The van der Waals surface area contributed by atoms with Gasteiger partial charge in [0.25, 0.3) is 0 Å². The highest BCUT2D eigenvalue weighted by molar-refractivity contribution is 5.75. The van der Waals surface area contributed by atoms with Gasteiger partial charge in [-0.1, -0.05) is 12.1 Å². The topological polar surface area (TPSA) is 71.0 Å². The summed E-state index contributed by atoms with van der Waals surface area (Å²) < 4.78 is 23.7. The summed E-state index contributed by atoms with van der Waals surface area (Å²) in [4.78, 5) is 14.1. The molecule has 3 rings (SSSR count). The van der Waals surface area contributed by atoms with Gasteiger partial charge in [0.1, 0.15) is 23.4 Å². The molecule has 2 N–H and O–H groups in total. The molecule has 1 heterocycles. The molecule has 0 spiro atoms. The van der Waals surface area contributed by atoms with Crippen molar-refractivity contribution in [3.05, 3.63) is 58.9 Å². The monoisotopic (exact) mass is 374 g/mol. The highest BCUT2D eigenvalue weighted by atomic mass is 19.1. The summed E-state index contributed by atoms with van der Waals surface area (Å²) in [6.07, 6.45) is -0.266. The van der Waals surface area contributed by atoms with Crippen LogP contribution in [-0.4, -0.2) is 43.3 Å². The summed E-state index contributed by atoms with van der Waals surface area (Å²) in [6.45, 7) is 0.896. The van der Waals surface area contributed by atoms with Crippen LogP contribution in [0.4, 0.5) is 9.18 Å². The minimum absolute atomic E-state index is 0.166. The van der Waals surface area contributed by atoms with Crippen molar-refractivity contribution in [1.82, 2.24) is 10.2 Å². The lowest BCUT2D eigenvalue weighted by Gasteiger charge is -2.34. The van der Waals surface area contributed by atoms with E-state index in [2.05, 4.69) is 5.32 Å². The molecule has 6 nitrogen and oxygen atoms in total. The normalized spacial score (nSPS) is 15.9. The Bertz CT molecular complexity index is 810. The quantitative estimate of drug-likeness (QED) is 0.844. The SMILES string of the molecule is COc1ccc(OC)c2c1CN(C(=O)NCCc1ccc(F)cc1)CC2O. The van der Waals surface area contributed by atoms with E-state index in [1.165, 1.54) is 12.1 Å². The number of benzene rings is 2. The predicted octanol–water partition coefficient (Wildman–Crippen LogP) is 2.64. The lowest BCUT2D eigenvalue weighted by Crippen LogP contribution is -2.44. The zero-order valence-corrected chi connectivity index (χ0v) is 15.4. The molecule has 144 valence electrons. The summed E-state index contributed by atoms with van der Waals surface area (Å²) in [5.74, 6) is 0.900. The number of carbonyl (C=O) groups excluding carboxylic acids is 1. The second-order valence-electron chi connectivity index (χ2n) is 6.37. The smallest absolute Gasteiger partial charge is 0.317 e. The molecule has 2 aromatic rings. The van der Waals surface area contributed by atoms with Crippen LogP contribution in [0.2, 0.25) is 0 Å². The Labute approximate surface area is 157 Å². The van der Waals surface area contributed by atoms with Crippen LogP contribution in [0.5, 0.6) is 11.5 Å². The lowest BCUT2D eigenvalue weighted by molar-refractivity contribution is 0.101. The fourth-order valence-corrected chi connectivity index (χ4v) is 3.31. The van der Waals surface area contributed by atoms with Gasteiger partial charge in [0.2, 0.25) is 0 Å². The maximum Gasteiger partial charge on any atom is 0.317 e. The largest absolute Gasteiger partial charge is 0.496 e. The number of halogens is 1. The minimum atomic E-state index is -0.860. The molecule has 0 aliphatic carbocycles. The average Bonchev–Trinajstić information content (AvgIpc) is 2.68. The highest BCUT2D eigenvalue weighted by Crippen LogP contribution is 2.39. The van der Waals surface area contributed by atoms with E-state index in [9.17, 15) is 14.3 Å². The molecule has 2 amide bonds. The molecule has 0 saturated carbocycles. The molecule has 1 aliphatic rings. The van der Waals surface area contributed by atoms with Gasteiger partial charge in [-0.3, -0.25) is 0 Å². The first-order chi connectivity index (χ1) is 13.0. The van der Waals surface area contributed by atoms with Crippen molar-refractivity contribution in [3.63, 3.8) is 0 Å². The predicted molar refractivity (Wildman–Crippen MR) is 98.4 cm³/mol. The maximum absolute atomic E-state index is 12.9. The average molecular weight is 374 g/mol. The van der Waals surface area contributed by atoms with E-state index in [4.69, 9.17) is 9.47 Å². The molecule has 7 heteroatoms.